The van der Waals surface area contributed by atoms with Gasteiger partial charge in [0.15, 0.2) is 5.82 Å². The third kappa shape index (κ3) is 3.37. The Morgan fingerprint density at radius 3 is 2.75 bits per heavy atom. The van der Waals surface area contributed by atoms with Crippen molar-refractivity contribution in [1.82, 2.24) is 19.7 Å². The highest BCUT2D eigenvalue weighted by Crippen LogP contribution is 2.17. The lowest BCUT2D eigenvalue weighted by Crippen LogP contribution is -2.17. The zero-order valence-corrected chi connectivity index (χ0v) is 12.8. The van der Waals surface area contributed by atoms with E-state index in [1.165, 1.54) is 19.2 Å². The number of carbonyl (C=O) groups is 1. The lowest BCUT2D eigenvalue weighted by atomic mass is 10.2. The molecule has 0 aliphatic carbocycles. The van der Waals surface area contributed by atoms with Crippen molar-refractivity contribution in [1.29, 1.82) is 0 Å². The minimum absolute atomic E-state index is 0.227. The second-order valence-corrected chi connectivity index (χ2v) is 4.86. The van der Waals surface area contributed by atoms with Gasteiger partial charge in [-0.05, 0) is 29.8 Å². The van der Waals surface area contributed by atoms with Crippen molar-refractivity contribution in [2.75, 3.05) is 12.4 Å². The van der Waals surface area contributed by atoms with E-state index in [-0.39, 0.29) is 11.8 Å². The molecular weight excluding hydrogens is 313 g/mol. The highest BCUT2D eigenvalue weighted by Gasteiger charge is 2.17. The molecule has 0 spiro atoms. The molecule has 0 radical (unpaired) electrons. The van der Waals surface area contributed by atoms with Crippen LogP contribution in [0.3, 0.4) is 0 Å². The zero-order chi connectivity index (χ0) is 16.9. The number of hydrogen-bond acceptors (Lipinski definition) is 6. The van der Waals surface area contributed by atoms with Gasteiger partial charge in [-0.15, -0.1) is 9.78 Å². The van der Waals surface area contributed by atoms with E-state index in [4.69, 9.17) is 4.74 Å². The molecule has 0 bridgehead atoms. The molecule has 0 unspecified atom stereocenters. The van der Waals surface area contributed by atoms with Crippen LogP contribution in [0.25, 0.3) is 11.4 Å². The first-order chi connectivity index (χ1) is 11.7. The summed E-state index contributed by atoms with van der Waals surface area (Å²) < 4.78 is 18.7. The Labute approximate surface area is 137 Å². The Balaban J connectivity index is 1.86. The third-order valence-electron chi connectivity index (χ3n) is 3.24. The smallest absolute Gasteiger partial charge is 0.437 e. The van der Waals surface area contributed by atoms with Gasteiger partial charge in [-0.1, -0.05) is 12.1 Å². The first-order valence-electron chi connectivity index (χ1n) is 7.11. The quantitative estimate of drug-likeness (QED) is 0.793. The van der Waals surface area contributed by atoms with Crippen LogP contribution in [-0.2, 0) is 11.3 Å². The number of nitrogens with zero attached hydrogens (tertiary/aromatic N) is 4. The second-order valence-electron chi connectivity index (χ2n) is 4.86. The fourth-order valence-electron chi connectivity index (χ4n) is 2.04. The monoisotopic (exact) mass is 327 g/mol. The predicted molar refractivity (Wildman–Crippen MR) is 84.8 cm³/mol. The van der Waals surface area contributed by atoms with E-state index in [0.29, 0.717) is 17.9 Å². The molecule has 1 N–H and O–H groups in total. The van der Waals surface area contributed by atoms with Crippen LogP contribution in [0.5, 0.6) is 0 Å². The number of aromatic nitrogens is 4. The molecule has 0 saturated heterocycles. The molecule has 8 heteroatoms. The van der Waals surface area contributed by atoms with E-state index in [0.717, 1.165) is 10.2 Å². The first kappa shape index (κ1) is 15.6. The Hall–Kier alpha value is -3.29. The average Bonchev–Trinajstić information content (AvgIpc) is 3.05. The van der Waals surface area contributed by atoms with Crippen molar-refractivity contribution < 1.29 is 13.9 Å². The van der Waals surface area contributed by atoms with Crippen molar-refractivity contribution in [3.05, 3.63) is 60.2 Å². The largest absolute Gasteiger partial charge is 0.451 e. The lowest BCUT2D eigenvalue weighted by molar-refractivity contribution is 0.170. The van der Waals surface area contributed by atoms with E-state index in [9.17, 15) is 9.18 Å². The molecular formula is C16H14FN5O2. The van der Waals surface area contributed by atoms with Gasteiger partial charge in [-0.25, -0.2) is 9.18 Å². The minimum atomic E-state index is -0.667. The number of anilines is 1. The van der Waals surface area contributed by atoms with Gasteiger partial charge in [0.05, 0.1) is 7.11 Å². The molecule has 0 aliphatic rings. The first-order valence-corrected chi connectivity index (χ1v) is 7.11. The van der Waals surface area contributed by atoms with Crippen LogP contribution in [0.2, 0.25) is 0 Å². The van der Waals surface area contributed by atoms with Gasteiger partial charge >= 0.3 is 6.09 Å². The third-order valence-corrected chi connectivity index (χ3v) is 3.24. The average molecular weight is 327 g/mol. The van der Waals surface area contributed by atoms with Gasteiger partial charge in [0.25, 0.3) is 0 Å². The summed E-state index contributed by atoms with van der Waals surface area (Å²) in [6, 6.07) is 9.55. The molecule has 2 aromatic heterocycles. The van der Waals surface area contributed by atoms with Crippen LogP contribution in [-0.4, -0.2) is 33.0 Å². The number of pyridine rings is 1. The minimum Gasteiger partial charge on any atom is -0.451 e. The summed E-state index contributed by atoms with van der Waals surface area (Å²) in [5, 5.41) is 7.15. The second kappa shape index (κ2) is 6.86. The molecule has 2 heterocycles. The van der Waals surface area contributed by atoms with E-state index in [1.807, 2.05) is 0 Å². The zero-order valence-electron chi connectivity index (χ0n) is 12.8. The van der Waals surface area contributed by atoms with Gasteiger partial charge < -0.3 is 10.1 Å². The molecule has 24 heavy (non-hydrogen) atoms. The van der Waals surface area contributed by atoms with Gasteiger partial charge in [-0.3, -0.25) is 4.98 Å². The Morgan fingerprint density at radius 2 is 2.08 bits per heavy atom. The molecule has 0 aliphatic heterocycles. The topological polar surface area (TPSA) is 81.9 Å². The molecule has 0 amide bonds. The molecule has 7 nitrogen and oxygen atoms in total. The molecule has 0 fully saturated rings. The number of ether oxygens (including phenoxy) is 1. The van der Waals surface area contributed by atoms with E-state index in [1.54, 1.807) is 36.7 Å². The van der Waals surface area contributed by atoms with E-state index < -0.39 is 6.09 Å². The Morgan fingerprint density at radius 1 is 1.29 bits per heavy atom. The number of carbonyl (C=O) groups excluding carboxylic acids is 1. The fraction of sp³-hybridized carbons (Fsp3) is 0.125. The normalized spacial score (nSPS) is 10.4. The van der Waals surface area contributed by atoms with Gasteiger partial charge in [0.1, 0.15) is 5.82 Å². The number of rotatable bonds is 4. The maximum absolute atomic E-state index is 12.9. The summed E-state index contributed by atoms with van der Waals surface area (Å²) in [4.78, 5) is 20.2. The molecule has 0 atom stereocenters. The number of methoxy groups -OCH3 is 1. The number of benzene rings is 1. The SMILES string of the molecule is COC(=O)n1nc(-c2cccnc2)nc1NCc1ccc(F)cc1. The summed E-state index contributed by atoms with van der Waals surface area (Å²) in [7, 11) is 1.26. The summed E-state index contributed by atoms with van der Waals surface area (Å²) in [5.41, 5.74) is 1.50. The molecule has 3 rings (SSSR count). The Bertz CT molecular complexity index is 833. The van der Waals surface area contributed by atoms with Crippen LogP contribution in [0.1, 0.15) is 5.56 Å². The van der Waals surface area contributed by atoms with Crippen LogP contribution < -0.4 is 5.32 Å². The van der Waals surface area contributed by atoms with Crippen molar-refractivity contribution in [2.45, 2.75) is 6.54 Å². The molecule has 3 aromatic rings. The summed E-state index contributed by atoms with van der Waals surface area (Å²) in [6.45, 7) is 0.350. The lowest BCUT2D eigenvalue weighted by Gasteiger charge is -2.06. The standard InChI is InChI=1S/C16H14FN5O2/c1-24-16(23)22-15(19-9-11-4-6-13(17)7-5-11)20-14(21-22)12-3-2-8-18-10-12/h2-8,10H,9H2,1H3,(H,19,20,21). The summed E-state index contributed by atoms with van der Waals surface area (Å²) in [5.74, 6) is 0.260. The number of hydrogen-bond donors (Lipinski definition) is 1. The van der Waals surface area contributed by atoms with Crippen LogP contribution in [0.4, 0.5) is 15.1 Å². The van der Waals surface area contributed by atoms with E-state index in [2.05, 4.69) is 20.4 Å². The maximum Gasteiger partial charge on any atom is 0.437 e. The van der Waals surface area contributed by atoms with Crippen LogP contribution in [0, 0.1) is 5.82 Å². The molecule has 0 saturated carbocycles. The van der Waals surface area contributed by atoms with Gasteiger partial charge in [-0.2, -0.15) is 4.98 Å². The number of nitrogens with one attached hydrogen (secondary N) is 1. The molecule has 122 valence electrons. The van der Waals surface area contributed by atoms with Crippen LogP contribution >= 0.6 is 0 Å². The number of halogens is 1. The van der Waals surface area contributed by atoms with Crippen molar-refractivity contribution in [3.8, 4) is 11.4 Å². The van der Waals surface area contributed by atoms with E-state index >= 15 is 0 Å². The Kier molecular flexibility index (Phi) is 4.46. The summed E-state index contributed by atoms with van der Waals surface area (Å²) >= 11 is 0. The van der Waals surface area contributed by atoms with Crippen LogP contribution in [0.15, 0.2) is 48.8 Å². The van der Waals surface area contributed by atoms with Crippen molar-refractivity contribution >= 4 is 12.0 Å². The van der Waals surface area contributed by atoms with Crippen molar-refractivity contribution in [2.24, 2.45) is 0 Å². The van der Waals surface area contributed by atoms with Gasteiger partial charge in [0.2, 0.25) is 5.95 Å². The fourth-order valence-corrected chi connectivity index (χ4v) is 2.04. The van der Waals surface area contributed by atoms with Crippen molar-refractivity contribution in [3.63, 3.8) is 0 Å². The summed E-state index contributed by atoms with van der Waals surface area (Å²) in [6.07, 6.45) is 2.56. The highest BCUT2D eigenvalue weighted by atomic mass is 19.1. The molecule has 1 aromatic carbocycles. The highest BCUT2D eigenvalue weighted by molar-refractivity contribution is 5.74. The maximum atomic E-state index is 12.9. The van der Waals surface area contributed by atoms with Gasteiger partial charge in [0, 0.05) is 24.5 Å². The predicted octanol–water partition coefficient (Wildman–Crippen LogP) is 2.71.